The zero-order chi connectivity index (χ0) is 18.7. The number of hydrogen-bond acceptors (Lipinski definition) is 4. The molecule has 0 radical (unpaired) electrons. The fraction of sp³-hybridized carbons (Fsp3) is 0.200. The predicted molar refractivity (Wildman–Crippen MR) is 99.7 cm³/mol. The van der Waals surface area contributed by atoms with E-state index in [4.69, 9.17) is 9.47 Å². The Morgan fingerprint density at radius 2 is 1.65 bits per heavy atom. The molecule has 0 atom stereocenters. The van der Waals surface area contributed by atoms with Crippen molar-refractivity contribution >= 4 is 0 Å². The molecule has 2 aromatic carbocycles. The molecule has 0 unspecified atom stereocenters. The fourth-order valence-electron chi connectivity index (χ4n) is 2.82. The van der Waals surface area contributed by atoms with Crippen molar-refractivity contribution in [3.8, 4) is 17.2 Å². The van der Waals surface area contributed by atoms with Crippen LogP contribution in [0.3, 0.4) is 0 Å². The zero-order valence-electron chi connectivity index (χ0n) is 14.9. The van der Waals surface area contributed by atoms with Crippen LogP contribution >= 0.6 is 0 Å². The van der Waals surface area contributed by atoms with Crippen molar-refractivity contribution in [2.75, 3.05) is 14.2 Å². The van der Waals surface area contributed by atoms with Gasteiger partial charge in [0, 0.05) is 18.5 Å². The molecule has 0 fully saturated rings. The van der Waals surface area contributed by atoms with Crippen LogP contribution < -0.4 is 20.6 Å². The molecule has 0 N–H and O–H groups in total. The van der Waals surface area contributed by atoms with Crippen LogP contribution in [0.1, 0.15) is 11.1 Å². The van der Waals surface area contributed by atoms with Gasteiger partial charge in [-0.25, -0.2) is 0 Å². The Labute approximate surface area is 150 Å². The molecule has 0 saturated carbocycles. The van der Waals surface area contributed by atoms with Crippen LogP contribution in [0.5, 0.6) is 11.5 Å². The normalized spacial score (nSPS) is 10.6. The molecule has 0 aliphatic heterocycles. The second-order valence-electron chi connectivity index (χ2n) is 5.93. The highest BCUT2D eigenvalue weighted by Gasteiger charge is 2.10. The van der Waals surface area contributed by atoms with Crippen LogP contribution in [-0.4, -0.2) is 23.4 Å². The average Bonchev–Trinajstić information content (AvgIpc) is 2.65. The second kappa shape index (κ2) is 7.31. The first-order valence-corrected chi connectivity index (χ1v) is 8.13. The lowest BCUT2D eigenvalue weighted by Gasteiger charge is -2.12. The maximum atomic E-state index is 12.6. The molecule has 6 nitrogen and oxygen atoms in total. The number of nitrogens with zero attached hydrogens (tertiary/aromatic N) is 2. The quantitative estimate of drug-likeness (QED) is 0.662. The first kappa shape index (κ1) is 17.5. The maximum absolute atomic E-state index is 12.6. The van der Waals surface area contributed by atoms with Gasteiger partial charge in [0.25, 0.3) is 0 Å². The molecule has 0 spiro atoms. The first-order valence-electron chi connectivity index (χ1n) is 8.13. The number of aromatic nitrogens is 2. The van der Waals surface area contributed by atoms with Gasteiger partial charge in [-0.05, 0) is 24.6 Å². The van der Waals surface area contributed by atoms with E-state index in [0.717, 1.165) is 11.1 Å². The third kappa shape index (κ3) is 3.39. The summed E-state index contributed by atoms with van der Waals surface area (Å²) in [7, 11) is 3.06. The van der Waals surface area contributed by atoms with Crippen LogP contribution in [0.15, 0.2) is 64.4 Å². The highest BCUT2D eigenvalue weighted by atomic mass is 16.5. The van der Waals surface area contributed by atoms with Crippen molar-refractivity contribution < 1.29 is 9.47 Å². The van der Waals surface area contributed by atoms with Crippen molar-refractivity contribution in [3.05, 3.63) is 86.7 Å². The molecule has 0 saturated heterocycles. The van der Waals surface area contributed by atoms with Crippen molar-refractivity contribution in [2.45, 2.75) is 13.5 Å². The molecule has 3 rings (SSSR count). The van der Waals surface area contributed by atoms with E-state index in [-0.39, 0.29) is 0 Å². The van der Waals surface area contributed by atoms with Crippen LogP contribution in [0.25, 0.3) is 5.69 Å². The van der Waals surface area contributed by atoms with Crippen LogP contribution in [0.4, 0.5) is 0 Å². The van der Waals surface area contributed by atoms with E-state index in [0.29, 0.717) is 23.7 Å². The number of ether oxygens (including phenoxy) is 2. The minimum atomic E-state index is -0.618. The summed E-state index contributed by atoms with van der Waals surface area (Å²) >= 11 is 0. The van der Waals surface area contributed by atoms with Gasteiger partial charge in [0.2, 0.25) is 0 Å². The molecule has 0 bridgehead atoms. The average molecular weight is 352 g/mol. The Kier molecular flexibility index (Phi) is 4.93. The minimum absolute atomic E-state index is 0.350. The van der Waals surface area contributed by atoms with Gasteiger partial charge in [-0.1, -0.05) is 29.8 Å². The minimum Gasteiger partial charge on any atom is -0.493 e. The highest BCUT2D eigenvalue weighted by Crippen LogP contribution is 2.28. The number of rotatable bonds is 5. The number of benzene rings is 2. The molecule has 0 aliphatic rings. The Hall–Kier alpha value is -3.28. The summed E-state index contributed by atoms with van der Waals surface area (Å²) in [5.74, 6) is 1.04. The van der Waals surface area contributed by atoms with E-state index in [9.17, 15) is 9.59 Å². The molecule has 6 heteroatoms. The largest absolute Gasteiger partial charge is 0.493 e. The Morgan fingerprint density at radius 1 is 0.885 bits per heavy atom. The first-order chi connectivity index (χ1) is 12.5. The maximum Gasteiger partial charge on any atom is 0.320 e. The fourth-order valence-corrected chi connectivity index (χ4v) is 2.82. The molecule has 134 valence electrons. The lowest BCUT2D eigenvalue weighted by Crippen LogP contribution is -2.40. The van der Waals surface area contributed by atoms with Crippen molar-refractivity contribution in [1.82, 2.24) is 9.13 Å². The van der Waals surface area contributed by atoms with E-state index < -0.39 is 11.1 Å². The Balaban J connectivity index is 2.00. The summed E-state index contributed by atoms with van der Waals surface area (Å²) in [5, 5.41) is 0. The third-order valence-electron chi connectivity index (χ3n) is 4.14. The zero-order valence-corrected chi connectivity index (χ0v) is 14.9. The van der Waals surface area contributed by atoms with Crippen molar-refractivity contribution in [1.29, 1.82) is 0 Å². The molecule has 26 heavy (non-hydrogen) atoms. The van der Waals surface area contributed by atoms with Gasteiger partial charge in [0.05, 0.1) is 26.5 Å². The smallest absolute Gasteiger partial charge is 0.320 e. The third-order valence-corrected chi connectivity index (χ3v) is 4.14. The van der Waals surface area contributed by atoms with E-state index in [1.807, 2.05) is 31.2 Å². The van der Waals surface area contributed by atoms with Crippen LogP contribution in [0.2, 0.25) is 0 Å². The van der Waals surface area contributed by atoms with E-state index in [1.54, 1.807) is 30.6 Å². The van der Waals surface area contributed by atoms with Crippen molar-refractivity contribution in [2.24, 2.45) is 0 Å². The SMILES string of the molecule is COc1ccc(-n2ccn(Cc3cccc(C)c3)c(=O)c2=O)cc1OC. The topological polar surface area (TPSA) is 62.5 Å². The molecule has 1 aromatic heterocycles. The second-order valence-corrected chi connectivity index (χ2v) is 5.93. The monoisotopic (exact) mass is 352 g/mol. The summed E-state index contributed by atoms with van der Waals surface area (Å²) < 4.78 is 13.2. The Morgan fingerprint density at radius 3 is 2.35 bits per heavy atom. The highest BCUT2D eigenvalue weighted by molar-refractivity contribution is 5.48. The van der Waals surface area contributed by atoms with Gasteiger partial charge >= 0.3 is 11.1 Å². The molecular formula is C20H20N2O4. The lowest BCUT2D eigenvalue weighted by atomic mass is 10.1. The van der Waals surface area contributed by atoms with E-state index in [2.05, 4.69) is 0 Å². The summed E-state index contributed by atoms with van der Waals surface area (Å²) in [4.78, 5) is 25.1. The molecule has 1 heterocycles. The van der Waals surface area contributed by atoms with Gasteiger partial charge in [-0.2, -0.15) is 0 Å². The molecule has 3 aromatic rings. The summed E-state index contributed by atoms with van der Waals surface area (Å²) in [5.41, 5.74) is 1.41. The summed E-state index contributed by atoms with van der Waals surface area (Å²) in [6, 6.07) is 12.9. The van der Waals surface area contributed by atoms with Gasteiger partial charge in [-0.3, -0.25) is 14.2 Å². The lowest BCUT2D eigenvalue weighted by molar-refractivity contribution is 0.355. The number of hydrogen-bond donors (Lipinski definition) is 0. The summed E-state index contributed by atoms with van der Waals surface area (Å²) in [6.07, 6.45) is 3.20. The van der Waals surface area contributed by atoms with Crippen LogP contribution in [-0.2, 0) is 6.54 Å². The van der Waals surface area contributed by atoms with Crippen LogP contribution in [0, 0.1) is 6.92 Å². The number of aryl methyl sites for hydroxylation is 1. The molecule has 0 aliphatic carbocycles. The van der Waals surface area contributed by atoms with Gasteiger partial charge in [0.15, 0.2) is 11.5 Å². The standard InChI is InChI=1S/C20H20N2O4/c1-14-5-4-6-15(11-14)13-21-9-10-22(20(24)19(21)23)16-7-8-17(25-2)18(12-16)26-3/h4-12H,13H2,1-3H3. The van der Waals surface area contributed by atoms with Gasteiger partial charge in [-0.15, -0.1) is 0 Å². The summed E-state index contributed by atoms with van der Waals surface area (Å²) in [6.45, 7) is 2.34. The molecular weight excluding hydrogens is 332 g/mol. The predicted octanol–water partition coefficient (Wildman–Crippen LogP) is 2.37. The van der Waals surface area contributed by atoms with E-state index >= 15 is 0 Å². The number of methoxy groups -OCH3 is 2. The van der Waals surface area contributed by atoms with Crippen molar-refractivity contribution in [3.63, 3.8) is 0 Å². The van der Waals surface area contributed by atoms with E-state index in [1.165, 1.54) is 23.4 Å². The van der Waals surface area contributed by atoms with Gasteiger partial charge in [0.1, 0.15) is 0 Å². The van der Waals surface area contributed by atoms with Gasteiger partial charge < -0.3 is 14.0 Å². The molecule has 0 amide bonds. The Bertz CT molecular complexity index is 1050.